The number of nitrogens with zero attached hydrogens (tertiary/aromatic N) is 1. The third-order valence-electron chi connectivity index (χ3n) is 5.82. The monoisotopic (exact) mass is 475 g/mol. The van der Waals surface area contributed by atoms with Crippen LogP contribution in [0.5, 0.6) is 0 Å². The second-order valence-corrected chi connectivity index (χ2v) is 8.86. The highest BCUT2D eigenvalue weighted by Crippen LogP contribution is 2.13. The van der Waals surface area contributed by atoms with E-state index in [1.807, 2.05) is 19.1 Å². The maximum Gasteiger partial charge on any atom is 0.308 e. The van der Waals surface area contributed by atoms with Crippen LogP contribution in [0.15, 0.2) is 24.3 Å². The fraction of sp³-hybridized carbons (Fsp3) is 0.600. The lowest BCUT2D eigenvalue weighted by Crippen LogP contribution is -2.60. The summed E-state index contributed by atoms with van der Waals surface area (Å²) in [6.07, 6.45) is 9.21. The number of hydrogen-bond acceptors (Lipinski definition) is 5. The molecule has 1 unspecified atom stereocenters. The van der Waals surface area contributed by atoms with Crippen LogP contribution >= 0.6 is 12.2 Å². The van der Waals surface area contributed by atoms with Gasteiger partial charge in [-0.15, -0.1) is 0 Å². The number of nitrogens with one attached hydrogen (secondary N) is 2. The van der Waals surface area contributed by atoms with E-state index >= 15 is 0 Å². The van der Waals surface area contributed by atoms with Crippen LogP contribution in [0.1, 0.15) is 80.6 Å². The van der Waals surface area contributed by atoms with E-state index in [4.69, 9.17) is 17.0 Å². The van der Waals surface area contributed by atoms with Gasteiger partial charge in [0.25, 0.3) is 5.91 Å². The van der Waals surface area contributed by atoms with Gasteiger partial charge < -0.3 is 15.0 Å². The number of ether oxygens (including phenoxy) is 1. The Morgan fingerprint density at radius 2 is 1.79 bits per heavy atom. The summed E-state index contributed by atoms with van der Waals surface area (Å²) in [5.74, 6) is -1.06. The molecule has 0 aliphatic carbocycles. The minimum absolute atomic E-state index is 0.108. The molecule has 8 heteroatoms. The molecule has 1 aromatic carbocycles. The number of esters is 1. The molecule has 0 bridgehead atoms. The molecule has 33 heavy (non-hydrogen) atoms. The van der Waals surface area contributed by atoms with Crippen LogP contribution in [0, 0.1) is 6.92 Å². The van der Waals surface area contributed by atoms with E-state index in [0.717, 1.165) is 24.8 Å². The van der Waals surface area contributed by atoms with Crippen LogP contribution in [-0.2, 0) is 14.3 Å². The summed E-state index contributed by atoms with van der Waals surface area (Å²) in [6.45, 7) is 5.21. The molecule has 1 heterocycles. The van der Waals surface area contributed by atoms with Gasteiger partial charge in [0.2, 0.25) is 5.91 Å². The van der Waals surface area contributed by atoms with Crippen molar-refractivity contribution < 1.29 is 19.1 Å². The molecule has 1 aliphatic rings. The fourth-order valence-corrected chi connectivity index (χ4v) is 4.17. The molecule has 0 radical (unpaired) electrons. The summed E-state index contributed by atoms with van der Waals surface area (Å²) in [6, 6.07) is 6.40. The van der Waals surface area contributed by atoms with E-state index < -0.39 is 12.0 Å². The Hall–Kier alpha value is -2.48. The summed E-state index contributed by atoms with van der Waals surface area (Å²) in [7, 11) is 0. The zero-order chi connectivity index (χ0) is 24.1. The first-order valence-corrected chi connectivity index (χ1v) is 12.5. The van der Waals surface area contributed by atoms with Gasteiger partial charge in [-0.05, 0) is 37.2 Å². The molecular weight excluding hydrogens is 438 g/mol. The van der Waals surface area contributed by atoms with Gasteiger partial charge in [-0.25, -0.2) is 0 Å². The van der Waals surface area contributed by atoms with E-state index in [1.165, 1.54) is 32.1 Å². The summed E-state index contributed by atoms with van der Waals surface area (Å²) < 4.78 is 5.36. The summed E-state index contributed by atoms with van der Waals surface area (Å²) in [5, 5.41) is 5.60. The van der Waals surface area contributed by atoms with Crippen molar-refractivity contribution in [1.82, 2.24) is 15.5 Å². The van der Waals surface area contributed by atoms with Crippen LogP contribution in [0.2, 0.25) is 0 Å². The van der Waals surface area contributed by atoms with Gasteiger partial charge in [0.1, 0.15) is 6.04 Å². The normalized spacial score (nSPS) is 15.6. The Bertz CT molecular complexity index is 815. The third-order valence-corrected chi connectivity index (χ3v) is 6.16. The second kappa shape index (κ2) is 14.6. The SMILES string of the molecule is CCCCCCCCCCOC(=O)CC1C(=O)NCCN1C(=S)NC(=O)c1ccccc1C. The number of carbonyl (C=O) groups is 3. The van der Waals surface area contributed by atoms with E-state index in [2.05, 4.69) is 17.6 Å². The van der Waals surface area contributed by atoms with Gasteiger partial charge in [0.15, 0.2) is 5.11 Å². The number of thiocarbonyl (C=S) groups is 1. The Balaban J connectivity index is 1.78. The van der Waals surface area contributed by atoms with Crippen LogP contribution in [-0.4, -0.2) is 53.5 Å². The van der Waals surface area contributed by atoms with E-state index in [-0.39, 0.29) is 23.3 Å². The minimum atomic E-state index is -0.797. The van der Waals surface area contributed by atoms with Gasteiger partial charge in [0.05, 0.1) is 13.0 Å². The number of rotatable bonds is 12. The Morgan fingerprint density at radius 3 is 2.48 bits per heavy atom. The largest absolute Gasteiger partial charge is 0.466 e. The van der Waals surface area contributed by atoms with E-state index in [0.29, 0.717) is 25.3 Å². The molecule has 0 aromatic heterocycles. The lowest BCUT2D eigenvalue weighted by molar-refractivity contribution is -0.147. The number of piperazine rings is 1. The van der Waals surface area contributed by atoms with Crippen molar-refractivity contribution >= 4 is 35.1 Å². The Labute approximate surface area is 202 Å². The highest BCUT2D eigenvalue weighted by Gasteiger charge is 2.34. The van der Waals surface area contributed by atoms with Crippen molar-refractivity contribution in [3.8, 4) is 0 Å². The van der Waals surface area contributed by atoms with Crippen molar-refractivity contribution in [3.63, 3.8) is 0 Å². The first-order valence-electron chi connectivity index (χ1n) is 12.0. The lowest BCUT2D eigenvalue weighted by atomic mass is 10.1. The van der Waals surface area contributed by atoms with Crippen molar-refractivity contribution in [2.75, 3.05) is 19.7 Å². The smallest absolute Gasteiger partial charge is 0.308 e. The molecule has 2 rings (SSSR count). The second-order valence-electron chi connectivity index (χ2n) is 8.47. The topological polar surface area (TPSA) is 87.7 Å². The molecule has 7 nitrogen and oxygen atoms in total. The van der Waals surface area contributed by atoms with Crippen molar-refractivity contribution in [3.05, 3.63) is 35.4 Å². The van der Waals surface area contributed by atoms with Gasteiger partial charge in [-0.2, -0.15) is 0 Å². The number of amides is 2. The average molecular weight is 476 g/mol. The average Bonchev–Trinajstić information content (AvgIpc) is 2.79. The molecule has 0 spiro atoms. The molecule has 2 amide bonds. The lowest BCUT2D eigenvalue weighted by Gasteiger charge is -2.36. The summed E-state index contributed by atoms with van der Waals surface area (Å²) >= 11 is 5.41. The first kappa shape index (κ1) is 26.8. The molecule has 2 N–H and O–H groups in total. The summed E-state index contributed by atoms with van der Waals surface area (Å²) in [5.41, 5.74) is 1.35. The maximum absolute atomic E-state index is 12.6. The number of unbranched alkanes of at least 4 members (excludes halogenated alkanes) is 7. The van der Waals surface area contributed by atoms with Gasteiger partial charge >= 0.3 is 5.97 Å². The molecule has 0 saturated carbocycles. The predicted octanol–water partition coefficient (Wildman–Crippen LogP) is 3.88. The van der Waals surface area contributed by atoms with E-state index in [9.17, 15) is 14.4 Å². The van der Waals surface area contributed by atoms with Gasteiger partial charge in [0, 0.05) is 18.7 Å². The molecular formula is C25H37N3O4S. The third kappa shape index (κ3) is 9.12. The highest BCUT2D eigenvalue weighted by molar-refractivity contribution is 7.80. The minimum Gasteiger partial charge on any atom is -0.466 e. The fourth-order valence-electron chi connectivity index (χ4n) is 3.86. The van der Waals surface area contributed by atoms with Gasteiger partial charge in [-0.1, -0.05) is 70.1 Å². The molecule has 1 aliphatic heterocycles. The standard InChI is InChI=1S/C25H37N3O4S/c1-3-4-5-6-7-8-9-12-17-32-22(29)18-21-24(31)26-15-16-28(21)25(33)27-23(30)20-14-11-10-13-19(20)2/h10-11,13-14,21H,3-9,12,15-18H2,1-2H3,(H,26,31)(H,27,30,33). The number of hydrogen-bond donors (Lipinski definition) is 2. The van der Waals surface area contributed by atoms with Crippen LogP contribution in [0.3, 0.4) is 0 Å². The van der Waals surface area contributed by atoms with Crippen molar-refractivity contribution in [1.29, 1.82) is 0 Å². The predicted molar refractivity (Wildman–Crippen MR) is 133 cm³/mol. The van der Waals surface area contributed by atoms with Crippen LogP contribution in [0.4, 0.5) is 0 Å². The first-order chi connectivity index (χ1) is 15.9. The maximum atomic E-state index is 12.6. The number of carbonyl (C=O) groups excluding carboxylic acids is 3. The quantitative estimate of drug-likeness (QED) is 0.271. The molecule has 1 atom stereocenters. The number of aryl methyl sites for hydroxylation is 1. The molecule has 1 saturated heterocycles. The van der Waals surface area contributed by atoms with Crippen LogP contribution in [0.25, 0.3) is 0 Å². The van der Waals surface area contributed by atoms with Crippen LogP contribution < -0.4 is 10.6 Å². The van der Waals surface area contributed by atoms with Gasteiger partial charge in [-0.3, -0.25) is 19.7 Å². The Morgan fingerprint density at radius 1 is 1.12 bits per heavy atom. The molecule has 1 fully saturated rings. The summed E-state index contributed by atoms with van der Waals surface area (Å²) in [4.78, 5) is 39.0. The molecule has 1 aromatic rings. The van der Waals surface area contributed by atoms with Crippen molar-refractivity contribution in [2.24, 2.45) is 0 Å². The number of benzene rings is 1. The highest BCUT2D eigenvalue weighted by atomic mass is 32.1. The van der Waals surface area contributed by atoms with E-state index in [1.54, 1.807) is 17.0 Å². The Kier molecular flexibility index (Phi) is 11.9. The molecule has 182 valence electrons. The zero-order valence-corrected chi connectivity index (χ0v) is 20.7. The van der Waals surface area contributed by atoms with Crippen molar-refractivity contribution in [2.45, 2.75) is 77.7 Å². The zero-order valence-electron chi connectivity index (χ0n) is 19.9.